The summed E-state index contributed by atoms with van der Waals surface area (Å²) in [6.45, 7) is 2.21. The van der Waals surface area contributed by atoms with E-state index in [1.165, 1.54) is 4.31 Å². The molecule has 8 heteroatoms. The van der Waals surface area contributed by atoms with Crippen LogP contribution < -0.4 is 0 Å². The minimum atomic E-state index is -3.42. The largest absolute Gasteiger partial charge is 0.340 e. The molecule has 2 aliphatic heterocycles. The molecule has 2 aromatic rings. The third-order valence-electron chi connectivity index (χ3n) is 5.92. The summed E-state index contributed by atoms with van der Waals surface area (Å²) < 4.78 is 26.9. The molecular weight excluding hydrogens is 414 g/mol. The van der Waals surface area contributed by atoms with E-state index in [-0.39, 0.29) is 43.0 Å². The first-order chi connectivity index (χ1) is 14.9. The van der Waals surface area contributed by atoms with Crippen LogP contribution in [-0.2, 0) is 31.9 Å². The fraction of sp³-hybridized carbons (Fsp3) is 0.391. The molecule has 0 saturated carbocycles. The topological polar surface area (TPSA) is 78.0 Å². The fourth-order valence-corrected chi connectivity index (χ4v) is 5.73. The van der Waals surface area contributed by atoms with Crippen molar-refractivity contribution in [3.05, 3.63) is 71.8 Å². The first-order valence-corrected chi connectivity index (χ1v) is 12.2. The molecule has 4 rings (SSSR count). The van der Waals surface area contributed by atoms with Crippen LogP contribution in [0.4, 0.5) is 0 Å². The van der Waals surface area contributed by atoms with E-state index in [4.69, 9.17) is 0 Å². The first kappa shape index (κ1) is 21.5. The van der Waals surface area contributed by atoms with Crippen molar-refractivity contribution in [1.29, 1.82) is 0 Å². The predicted octanol–water partition coefficient (Wildman–Crippen LogP) is 1.71. The van der Waals surface area contributed by atoms with Crippen LogP contribution in [0.15, 0.2) is 60.7 Å². The second kappa shape index (κ2) is 9.20. The molecule has 31 heavy (non-hydrogen) atoms. The zero-order valence-electron chi connectivity index (χ0n) is 17.4. The molecule has 1 unspecified atom stereocenters. The van der Waals surface area contributed by atoms with Crippen LogP contribution in [0, 0.1) is 5.92 Å². The van der Waals surface area contributed by atoms with Gasteiger partial charge in [0.05, 0.1) is 11.7 Å². The average molecular weight is 442 g/mol. The Labute approximate surface area is 183 Å². The van der Waals surface area contributed by atoms with E-state index in [0.717, 1.165) is 11.1 Å². The molecule has 1 atom stereocenters. The minimum absolute atomic E-state index is 0.00808. The molecule has 2 aromatic carbocycles. The summed E-state index contributed by atoms with van der Waals surface area (Å²) in [4.78, 5) is 28.8. The second-order valence-corrected chi connectivity index (χ2v) is 10.1. The Morgan fingerprint density at radius 1 is 0.871 bits per heavy atom. The molecule has 7 nitrogen and oxygen atoms in total. The quantitative estimate of drug-likeness (QED) is 0.684. The normalized spacial score (nSPS) is 20.3. The highest BCUT2D eigenvalue weighted by atomic mass is 32.2. The molecule has 2 aliphatic rings. The Balaban J connectivity index is 1.30. The maximum atomic E-state index is 13.0. The van der Waals surface area contributed by atoms with Gasteiger partial charge in [0.15, 0.2) is 0 Å². The molecule has 0 aliphatic carbocycles. The molecule has 0 N–H and O–H groups in total. The smallest absolute Gasteiger partial charge is 0.228 e. The zero-order valence-corrected chi connectivity index (χ0v) is 18.2. The van der Waals surface area contributed by atoms with Crippen molar-refractivity contribution in [2.45, 2.75) is 18.7 Å². The van der Waals surface area contributed by atoms with Gasteiger partial charge in [-0.25, -0.2) is 8.42 Å². The van der Waals surface area contributed by atoms with Gasteiger partial charge in [0.1, 0.15) is 0 Å². The third-order valence-corrected chi connectivity index (χ3v) is 7.77. The number of rotatable bonds is 6. The predicted molar refractivity (Wildman–Crippen MR) is 117 cm³/mol. The number of hydrogen-bond donors (Lipinski definition) is 0. The lowest BCUT2D eigenvalue weighted by atomic mass is 10.1. The van der Waals surface area contributed by atoms with Crippen molar-refractivity contribution >= 4 is 21.8 Å². The summed E-state index contributed by atoms with van der Waals surface area (Å²) in [5.74, 6) is -0.452. The van der Waals surface area contributed by atoms with Crippen LogP contribution in [0.25, 0.3) is 0 Å². The van der Waals surface area contributed by atoms with Crippen LogP contribution in [0.1, 0.15) is 17.5 Å². The van der Waals surface area contributed by atoms with Gasteiger partial charge in [0, 0.05) is 45.7 Å². The van der Waals surface area contributed by atoms with Gasteiger partial charge in [0.25, 0.3) is 0 Å². The number of likely N-dealkylation sites (tertiary alicyclic amines) is 1. The zero-order chi connectivity index (χ0) is 21.8. The van der Waals surface area contributed by atoms with E-state index in [9.17, 15) is 18.0 Å². The van der Waals surface area contributed by atoms with E-state index < -0.39 is 10.0 Å². The van der Waals surface area contributed by atoms with Crippen LogP contribution in [-0.4, -0.2) is 67.1 Å². The van der Waals surface area contributed by atoms with E-state index in [1.54, 1.807) is 21.9 Å². The van der Waals surface area contributed by atoms with Gasteiger partial charge < -0.3 is 9.80 Å². The van der Waals surface area contributed by atoms with Gasteiger partial charge in [-0.05, 0) is 11.1 Å². The van der Waals surface area contributed by atoms with E-state index in [0.29, 0.717) is 26.2 Å². The summed E-state index contributed by atoms with van der Waals surface area (Å²) >= 11 is 0. The van der Waals surface area contributed by atoms with Crippen LogP contribution in [0.3, 0.4) is 0 Å². The average Bonchev–Trinajstić information content (AvgIpc) is 3.14. The summed E-state index contributed by atoms with van der Waals surface area (Å²) in [5.41, 5.74) is 1.80. The lowest BCUT2D eigenvalue weighted by Gasteiger charge is -2.35. The summed E-state index contributed by atoms with van der Waals surface area (Å²) in [5, 5.41) is 0. The molecule has 0 aromatic heterocycles. The number of amides is 2. The van der Waals surface area contributed by atoms with E-state index >= 15 is 0 Å². The van der Waals surface area contributed by atoms with Crippen molar-refractivity contribution in [2.75, 3.05) is 32.7 Å². The number of carbonyl (C=O) groups excluding carboxylic acids is 2. The number of piperazine rings is 1. The van der Waals surface area contributed by atoms with Crippen molar-refractivity contribution in [3.63, 3.8) is 0 Å². The fourth-order valence-electron chi connectivity index (χ4n) is 4.22. The van der Waals surface area contributed by atoms with Gasteiger partial charge in [-0.15, -0.1) is 0 Å². The molecule has 0 bridgehead atoms. The van der Waals surface area contributed by atoms with Gasteiger partial charge in [-0.3, -0.25) is 9.59 Å². The van der Waals surface area contributed by atoms with E-state index in [2.05, 4.69) is 0 Å². The molecule has 2 fully saturated rings. The molecule has 0 spiro atoms. The SMILES string of the molecule is O=C1CC(C(=O)N2CCN(S(=O)(=O)Cc3ccccc3)CC2)CN1Cc1ccccc1. The highest BCUT2D eigenvalue weighted by molar-refractivity contribution is 7.88. The maximum absolute atomic E-state index is 13.0. The van der Waals surface area contributed by atoms with Crippen LogP contribution in [0.5, 0.6) is 0 Å². The Hall–Kier alpha value is -2.71. The standard InChI is InChI=1S/C23H27N3O4S/c27-22-15-21(17-25(22)16-19-7-3-1-4-8-19)23(28)24-11-13-26(14-12-24)31(29,30)18-20-9-5-2-6-10-20/h1-10,21H,11-18H2. The molecule has 2 amide bonds. The third kappa shape index (κ3) is 5.14. The maximum Gasteiger partial charge on any atom is 0.228 e. The van der Waals surface area contributed by atoms with Crippen molar-refractivity contribution in [2.24, 2.45) is 5.92 Å². The van der Waals surface area contributed by atoms with Gasteiger partial charge in [0.2, 0.25) is 21.8 Å². The Kier molecular flexibility index (Phi) is 6.38. The monoisotopic (exact) mass is 441 g/mol. The Bertz CT molecular complexity index is 1020. The Morgan fingerprint density at radius 3 is 2.06 bits per heavy atom. The number of hydrogen-bond acceptors (Lipinski definition) is 4. The van der Waals surface area contributed by atoms with Crippen molar-refractivity contribution < 1.29 is 18.0 Å². The number of benzene rings is 2. The second-order valence-electron chi connectivity index (χ2n) is 8.13. The van der Waals surface area contributed by atoms with Crippen molar-refractivity contribution in [1.82, 2.24) is 14.1 Å². The summed E-state index contributed by atoms with van der Waals surface area (Å²) in [6.07, 6.45) is 0.220. The minimum Gasteiger partial charge on any atom is -0.340 e. The number of carbonyl (C=O) groups is 2. The summed E-state index contributed by atoms with van der Waals surface area (Å²) in [6, 6.07) is 18.8. The van der Waals surface area contributed by atoms with Crippen LogP contribution >= 0.6 is 0 Å². The molecule has 2 heterocycles. The molecule has 0 radical (unpaired) electrons. The first-order valence-electron chi connectivity index (χ1n) is 10.5. The summed E-state index contributed by atoms with van der Waals surface area (Å²) in [7, 11) is -3.42. The van der Waals surface area contributed by atoms with E-state index in [1.807, 2.05) is 48.5 Å². The Morgan fingerprint density at radius 2 is 1.45 bits per heavy atom. The van der Waals surface area contributed by atoms with Crippen molar-refractivity contribution in [3.8, 4) is 0 Å². The lowest BCUT2D eigenvalue weighted by Crippen LogP contribution is -2.52. The van der Waals surface area contributed by atoms with Crippen LogP contribution in [0.2, 0.25) is 0 Å². The highest BCUT2D eigenvalue weighted by Crippen LogP contribution is 2.23. The number of sulfonamides is 1. The lowest BCUT2D eigenvalue weighted by molar-refractivity contribution is -0.137. The van der Waals surface area contributed by atoms with Gasteiger partial charge in [-0.1, -0.05) is 60.7 Å². The number of nitrogens with zero attached hydrogens (tertiary/aromatic N) is 3. The van der Waals surface area contributed by atoms with Gasteiger partial charge >= 0.3 is 0 Å². The molecule has 2 saturated heterocycles. The van der Waals surface area contributed by atoms with Gasteiger partial charge in [-0.2, -0.15) is 4.31 Å². The molecule has 164 valence electrons. The molecular formula is C23H27N3O4S. The highest BCUT2D eigenvalue weighted by Gasteiger charge is 2.38.